The first-order valence-electron chi connectivity index (χ1n) is 15.1. The minimum Gasteiger partial charge on any atom is -0.268 e. The van der Waals surface area contributed by atoms with Crippen LogP contribution in [-0.4, -0.2) is 23.6 Å². The molecule has 20 heteroatoms. The second-order valence-electron chi connectivity index (χ2n) is 12.4. The Hall–Kier alpha value is -6.86. The van der Waals surface area contributed by atoms with Crippen LogP contribution < -0.4 is 9.80 Å². The molecule has 0 bridgehead atoms. The van der Waals surface area contributed by atoms with Crippen LogP contribution in [0.3, 0.4) is 0 Å². The van der Waals surface area contributed by atoms with E-state index in [0.717, 1.165) is 0 Å². The third-order valence-corrected chi connectivity index (χ3v) is 9.67. The van der Waals surface area contributed by atoms with Gasteiger partial charge in [-0.3, -0.25) is 19.2 Å². The first kappa shape index (κ1) is 34.9. The van der Waals surface area contributed by atoms with Gasteiger partial charge in [-0.1, -0.05) is 0 Å². The van der Waals surface area contributed by atoms with Crippen LogP contribution in [-0.2, 0) is 0 Å². The maximum atomic E-state index is 16.4. The molecular formula is C36H4F14N2O4. The number of carbonyl (C=O) groups excluding carboxylic acids is 4. The van der Waals surface area contributed by atoms with Gasteiger partial charge in [-0.25, -0.2) is 71.3 Å². The number of amides is 4. The van der Waals surface area contributed by atoms with E-state index in [1.807, 2.05) is 0 Å². The quantitative estimate of drug-likeness (QED) is 0.0437. The summed E-state index contributed by atoms with van der Waals surface area (Å²) < 4.78 is 209. The first-order chi connectivity index (χ1) is 26.3. The highest BCUT2D eigenvalue weighted by atomic mass is 19.2. The number of hydrogen-bond donors (Lipinski definition) is 0. The van der Waals surface area contributed by atoms with E-state index in [9.17, 15) is 63.1 Å². The molecule has 0 saturated heterocycles. The van der Waals surface area contributed by atoms with Gasteiger partial charge in [0.05, 0.1) is 22.3 Å². The maximum Gasteiger partial charge on any atom is 0.266 e. The van der Waals surface area contributed by atoms with Gasteiger partial charge in [0.15, 0.2) is 46.5 Å². The standard InChI is InChI=1S/C36H4F14N2O4/c37-9-1-5-13-6(34(54)51(33(5)53)31-27(47)23(43)21(41)24(44)28(31)48)2-11(39)17-18-12(40)4-8-14-7(3-10(38)16(20(14)18)15(9)19(13)17)35(55)52(36(8)56)32-29(49)25(45)22(42)26(46)30(32)50/h1-4H. The van der Waals surface area contributed by atoms with Crippen molar-refractivity contribution in [3.05, 3.63) is 128 Å². The number of hydrogen-bond acceptors (Lipinski definition) is 4. The number of anilines is 2. The lowest BCUT2D eigenvalue weighted by Crippen LogP contribution is -2.42. The van der Waals surface area contributed by atoms with Crippen molar-refractivity contribution in [1.29, 1.82) is 0 Å². The summed E-state index contributed by atoms with van der Waals surface area (Å²) in [5.74, 6) is -41.4. The Morgan fingerprint density at radius 1 is 0.268 bits per heavy atom. The van der Waals surface area contributed by atoms with Crippen LogP contribution in [0, 0.1) is 81.4 Å². The summed E-state index contributed by atoms with van der Waals surface area (Å²) in [5, 5.41) is -7.93. The van der Waals surface area contributed by atoms with Crippen molar-refractivity contribution in [3.63, 3.8) is 0 Å². The van der Waals surface area contributed by atoms with Crippen molar-refractivity contribution in [2.45, 2.75) is 0 Å². The molecule has 56 heavy (non-hydrogen) atoms. The summed E-state index contributed by atoms with van der Waals surface area (Å²) in [6, 6.07) is 0.810. The Kier molecular flexibility index (Phi) is 6.78. The molecule has 0 fully saturated rings. The van der Waals surface area contributed by atoms with Crippen molar-refractivity contribution in [1.82, 2.24) is 0 Å². The van der Waals surface area contributed by atoms with E-state index in [0.29, 0.717) is 0 Å². The van der Waals surface area contributed by atoms with E-state index in [4.69, 9.17) is 0 Å². The van der Waals surface area contributed by atoms with Gasteiger partial charge in [0.25, 0.3) is 23.6 Å². The molecule has 0 atom stereocenters. The molecule has 2 aliphatic heterocycles. The minimum absolute atomic E-state index is 0.203. The van der Waals surface area contributed by atoms with E-state index in [1.54, 1.807) is 0 Å². The number of nitrogens with zero attached hydrogens (tertiary/aromatic N) is 2. The van der Waals surface area contributed by atoms with Crippen LogP contribution in [0.2, 0.25) is 0 Å². The van der Waals surface area contributed by atoms with Gasteiger partial charge in [-0.05, 0) is 24.3 Å². The monoisotopic (exact) mass is 794 g/mol. The fourth-order valence-electron chi connectivity index (χ4n) is 7.44. The molecule has 0 radical (unpaired) electrons. The summed E-state index contributed by atoms with van der Waals surface area (Å²) in [6.07, 6.45) is 0. The highest BCUT2D eigenvalue weighted by Crippen LogP contribution is 2.51. The molecule has 2 heterocycles. The average molecular weight is 794 g/mol. The zero-order valence-corrected chi connectivity index (χ0v) is 26.1. The molecule has 0 aliphatic carbocycles. The third-order valence-electron chi connectivity index (χ3n) is 9.67. The smallest absolute Gasteiger partial charge is 0.266 e. The molecule has 7 aromatic rings. The van der Waals surface area contributed by atoms with Gasteiger partial charge in [0, 0.05) is 43.1 Å². The number of rotatable bonds is 2. The maximum absolute atomic E-state index is 16.4. The summed E-state index contributed by atoms with van der Waals surface area (Å²) in [5.41, 5.74) is -8.71. The van der Waals surface area contributed by atoms with Crippen LogP contribution in [0.4, 0.5) is 72.8 Å². The van der Waals surface area contributed by atoms with Gasteiger partial charge in [-0.15, -0.1) is 0 Å². The summed E-state index contributed by atoms with van der Waals surface area (Å²) in [4.78, 5) is 53.4. The van der Waals surface area contributed by atoms with E-state index < -0.39 is 192 Å². The van der Waals surface area contributed by atoms with Crippen molar-refractivity contribution < 1.29 is 80.6 Å². The largest absolute Gasteiger partial charge is 0.268 e. The highest BCUT2D eigenvalue weighted by Gasteiger charge is 2.45. The number of benzene rings is 7. The molecule has 9 rings (SSSR count). The van der Waals surface area contributed by atoms with E-state index in [-0.39, 0.29) is 24.3 Å². The Morgan fingerprint density at radius 3 is 0.679 bits per heavy atom. The predicted molar refractivity (Wildman–Crippen MR) is 162 cm³/mol. The summed E-state index contributed by atoms with van der Waals surface area (Å²) >= 11 is 0. The normalized spacial score (nSPS) is 14.3. The zero-order chi connectivity index (χ0) is 40.5. The van der Waals surface area contributed by atoms with Gasteiger partial charge in [0.2, 0.25) is 11.6 Å². The van der Waals surface area contributed by atoms with Crippen LogP contribution in [0.25, 0.3) is 43.1 Å². The predicted octanol–water partition coefficient (Wildman–Crippen LogP) is 9.29. The molecular weight excluding hydrogens is 790 g/mol. The summed E-state index contributed by atoms with van der Waals surface area (Å²) in [7, 11) is 0. The number of halogens is 14. The zero-order valence-electron chi connectivity index (χ0n) is 26.1. The molecule has 0 aromatic heterocycles. The number of imide groups is 2. The molecule has 0 unspecified atom stereocenters. The lowest BCUT2D eigenvalue weighted by Gasteiger charge is -2.31. The van der Waals surface area contributed by atoms with Crippen molar-refractivity contribution in [2.24, 2.45) is 0 Å². The van der Waals surface area contributed by atoms with E-state index in [2.05, 4.69) is 0 Å². The fourth-order valence-corrected chi connectivity index (χ4v) is 7.44. The molecule has 6 nitrogen and oxygen atoms in total. The van der Waals surface area contributed by atoms with Gasteiger partial charge < -0.3 is 0 Å². The topological polar surface area (TPSA) is 74.8 Å². The molecule has 0 N–H and O–H groups in total. The van der Waals surface area contributed by atoms with Crippen LogP contribution >= 0.6 is 0 Å². The Morgan fingerprint density at radius 2 is 0.464 bits per heavy atom. The molecule has 7 aromatic carbocycles. The summed E-state index contributed by atoms with van der Waals surface area (Å²) in [6.45, 7) is 0. The van der Waals surface area contributed by atoms with Gasteiger partial charge >= 0.3 is 0 Å². The molecule has 2 aliphatic rings. The van der Waals surface area contributed by atoms with Crippen LogP contribution in [0.1, 0.15) is 41.4 Å². The third kappa shape index (κ3) is 3.86. The van der Waals surface area contributed by atoms with Crippen LogP contribution in [0.5, 0.6) is 0 Å². The van der Waals surface area contributed by atoms with Crippen molar-refractivity contribution in [2.75, 3.05) is 9.80 Å². The van der Waals surface area contributed by atoms with Gasteiger partial charge in [0.1, 0.15) is 34.6 Å². The SMILES string of the molecule is O=C1c2cc(F)c3c4c(F)cc5c6c(cc(F)c(c7c(F)cc(c2c37)C(=O)N1c1c(F)c(F)c(F)c(F)c1F)c64)C(=O)N(c1c(F)c(F)c(F)c(F)c1F)C5=O. The van der Waals surface area contributed by atoms with Crippen molar-refractivity contribution in [3.8, 4) is 0 Å². The Balaban J connectivity index is 1.39. The molecule has 0 saturated carbocycles. The van der Waals surface area contributed by atoms with Gasteiger partial charge in [-0.2, -0.15) is 0 Å². The second-order valence-corrected chi connectivity index (χ2v) is 12.4. The Labute approximate surface area is 296 Å². The van der Waals surface area contributed by atoms with E-state index in [1.165, 1.54) is 0 Å². The van der Waals surface area contributed by atoms with Crippen LogP contribution in [0.15, 0.2) is 24.3 Å². The first-order valence-corrected chi connectivity index (χ1v) is 15.1. The van der Waals surface area contributed by atoms with Crippen molar-refractivity contribution >= 4 is 78.1 Å². The molecule has 0 spiro atoms. The molecule has 4 amide bonds. The molecule has 280 valence electrons. The van der Waals surface area contributed by atoms with E-state index >= 15 is 17.6 Å². The lowest BCUT2D eigenvalue weighted by molar-refractivity contribution is 0.0874. The average Bonchev–Trinajstić information content (AvgIpc) is 3.16. The lowest BCUT2D eigenvalue weighted by atomic mass is 9.81. The number of carbonyl (C=O) groups is 4. The highest BCUT2D eigenvalue weighted by molar-refractivity contribution is 6.45. The fraction of sp³-hybridized carbons (Fsp3) is 0. The Bertz CT molecular complexity index is 2780. The number of fused-ring (bicyclic) bond motifs is 2. The second kappa shape index (κ2) is 10.9. The minimum atomic E-state index is -2.69.